The SMILES string of the molecule is Cc1csc(NN=Cc2ccc(C)c([N+](=O)[O-])c2)n1. The molecule has 1 aromatic carbocycles. The molecule has 0 aliphatic heterocycles. The van der Waals surface area contributed by atoms with E-state index in [9.17, 15) is 10.1 Å². The van der Waals surface area contributed by atoms with Crippen molar-refractivity contribution in [3.05, 3.63) is 50.5 Å². The van der Waals surface area contributed by atoms with Gasteiger partial charge in [0.2, 0.25) is 5.13 Å². The molecule has 1 aromatic heterocycles. The quantitative estimate of drug-likeness (QED) is 0.528. The number of anilines is 1. The molecule has 7 heteroatoms. The van der Waals surface area contributed by atoms with E-state index in [2.05, 4.69) is 15.5 Å². The summed E-state index contributed by atoms with van der Waals surface area (Å²) < 4.78 is 0. The van der Waals surface area contributed by atoms with Crippen molar-refractivity contribution in [3.8, 4) is 0 Å². The summed E-state index contributed by atoms with van der Waals surface area (Å²) in [5, 5.41) is 17.4. The van der Waals surface area contributed by atoms with Crippen molar-refractivity contribution in [2.45, 2.75) is 13.8 Å². The third kappa shape index (κ3) is 3.35. The van der Waals surface area contributed by atoms with E-state index in [0.717, 1.165) is 5.69 Å². The van der Waals surface area contributed by atoms with Gasteiger partial charge in [0.15, 0.2) is 0 Å². The minimum Gasteiger partial charge on any atom is -0.258 e. The first-order valence-corrected chi connectivity index (χ1v) is 6.40. The van der Waals surface area contributed by atoms with Crippen LogP contribution in [0.25, 0.3) is 0 Å². The Labute approximate surface area is 114 Å². The van der Waals surface area contributed by atoms with Gasteiger partial charge < -0.3 is 0 Å². The highest BCUT2D eigenvalue weighted by molar-refractivity contribution is 7.13. The Morgan fingerprint density at radius 2 is 2.26 bits per heavy atom. The van der Waals surface area contributed by atoms with Crippen LogP contribution in [0.4, 0.5) is 10.8 Å². The van der Waals surface area contributed by atoms with Crippen molar-refractivity contribution in [3.63, 3.8) is 0 Å². The van der Waals surface area contributed by atoms with Crippen molar-refractivity contribution in [1.82, 2.24) is 4.98 Å². The summed E-state index contributed by atoms with van der Waals surface area (Å²) in [7, 11) is 0. The topological polar surface area (TPSA) is 80.4 Å². The third-order valence-corrected chi connectivity index (χ3v) is 3.29. The molecule has 0 aliphatic carbocycles. The minimum atomic E-state index is -0.399. The lowest BCUT2D eigenvalue weighted by Gasteiger charge is -1.98. The monoisotopic (exact) mass is 276 g/mol. The molecule has 0 saturated carbocycles. The minimum absolute atomic E-state index is 0.0917. The van der Waals surface area contributed by atoms with Crippen molar-refractivity contribution in [1.29, 1.82) is 0 Å². The van der Waals surface area contributed by atoms with Gasteiger partial charge in [-0.2, -0.15) is 5.10 Å². The molecule has 98 valence electrons. The van der Waals surface area contributed by atoms with Crippen molar-refractivity contribution >= 4 is 28.4 Å². The Hall–Kier alpha value is -2.28. The standard InChI is InChI=1S/C12H12N4O2S/c1-8-3-4-10(5-11(8)16(17)18)6-13-15-12-14-9(2)7-19-12/h3-7H,1-2H3,(H,14,15). The van der Waals surface area contributed by atoms with Gasteiger partial charge in [0.05, 0.1) is 16.8 Å². The van der Waals surface area contributed by atoms with Crippen LogP contribution >= 0.6 is 11.3 Å². The first kappa shape index (κ1) is 13.2. The predicted molar refractivity (Wildman–Crippen MR) is 75.9 cm³/mol. The van der Waals surface area contributed by atoms with E-state index in [0.29, 0.717) is 16.3 Å². The molecule has 0 spiro atoms. The Morgan fingerprint density at radius 3 is 2.89 bits per heavy atom. The molecular formula is C12H12N4O2S. The van der Waals surface area contributed by atoms with Crippen LogP contribution in [-0.2, 0) is 0 Å². The molecule has 0 aliphatic rings. The number of nitro benzene ring substituents is 1. The molecule has 0 amide bonds. The molecule has 0 saturated heterocycles. The number of nitrogens with one attached hydrogen (secondary N) is 1. The average Bonchev–Trinajstić information content (AvgIpc) is 2.77. The second kappa shape index (κ2) is 5.57. The van der Waals surface area contributed by atoms with Crippen molar-refractivity contribution in [2.24, 2.45) is 5.10 Å². The number of rotatable bonds is 4. The smallest absolute Gasteiger partial charge is 0.258 e. The molecule has 19 heavy (non-hydrogen) atoms. The number of thiazole rings is 1. The second-order valence-corrected chi connectivity index (χ2v) is 4.83. The Balaban J connectivity index is 2.10. The lowest BCUT2D eigenvalue weighted by Crippen LogP contribution is -1.95. The average molecular weight is 276 g/mol. The molecule has 0 fully saturated rings. The highest BCUT2D eigenvalue weighted by atomic mass is 32.1. The van der Waals surface area contributed by atoms with Crippen LogP contribution in [0.5, 0.6) is 0 Å². The Bertz CT molecular complexity index is 636. The zero-order valence-electron chi connectivity index (χ0n) is 10.5. The fraction of sp³-hybridized carbons (Fsp3) is 0.167. The van der Waals surface area contributed by atoms with Crippen molar-refractivity contribution < 1.29 is 4.92 Å². The number of hydrogen-bond acceptors (Lipinski definition) is 6. The predicted octanol–water partition coefficient (Wildman–Crippen LogP) is 3.11. The molecule has 1 N–H and O–H groups in total. The van der Waals surface area contributed by atoms with E-state index in [1.54, 1.807) is 19.1 Å². The first-order chi connectivity index (χ1) is 9.06. The van der Waals surface area contributed by atoms with Crippen LogP contribution in [0.1, 0.15) is 16.8 Å². The maximum Gasteiger partial charge on any atom is 0.272 e. The summed E-state index contributed by atoms with van der Waals surface area (Å²) in [6.07, 6.45) is 1.53. The molecule has 6 nitrogen and oxygen atoms in total. The van der Waals surface area contributed by atoms with Gasteiger partial charge in [0.25, 0.3) is 5.69 Å². The van der Waals surface area contributed by atoms with Crippen LogP contribution in [0.15, 0.2) is 28.7 Å². The fourth-order valence-corrected chi connectivity index (χ4v) is 2.11. The number of nitrogens with zero attached hydrogens (tertiary/aromatic N) is 3. The Morgan fingerprint density at radius 1 is 1.47 bits per heavy atom. The van der Waals surface area contributed by atoms with E-state index in [1.165, 1.54) is 23.6 Å². The number of nitro groups is 1. The van der Waals surface area contributed by atoms with Gasteiger partial charge in [-0.25, -0.2) is 4.98 Å². The first-order valence-electron chi connectivity index (χ1n) is 5.52. The highest BCUT2D eigenvalue weighted by Crippen LogP contribution is 2.18. The van der Waals surface area contributed by atoms with E-state index in [1.807, 2.05) is 12.3 Å². The fourth-order valence-electron chi connectivity index (χ4n) is 1.47. The second-order valence-electron chi connectivity index (χ2n) is 3.97. The highest BCUT2D eigenvalue weighted by Gasteiger charge is 2.09. The zero-order valence-corrected chi connectivity index (χ0v) is 11.3. The zero-order chi connectivity index (χ0) is 13.8. The molecule has 0 unspecified atom stereocenters. The molecule has 2 aromatic rings. The van der Waals surface area contributed by atoms with Gasteiger partial charge >= 0.3 is 0 Å². The van der Waals surface area contributed by atoms with Crippen LogP contribution in [0.3, 0.4) is 0 Å². The maximum absolute atomic E-state index is 10.8. The summed E-state index contributed by atoms with van der Waals surface area (Å²) >= 11 is 1.45. The van der Waals surface area contributed by atoms with Gasteiger partial charge in [-0.1, -0.05) is 12.1 Å². The summed E-state index contributed by atoms with van der Waals surface area (Å²) in [4.78, 5) is 14.6. The van der Waals surface area contributed by atoms with Gasteiger partial charge in [0.1, 0.15) is 0 Å². The van der Waals surface area contributed by atoms with Gasteiger partial charge in [-0.15, -0.1) is 11.3 Å². The number of hydrazone groups is 1. The summed E-state index contributed by atoms with van der Waals surface area (Å²) in [5.41, 5.74) is 5.10. The largest absolute Gasteiger partial charge is 0.272 e. The van der Waals surface area contributed by atoms with Gasteiger partial charge in [-0.05, 0) is 13.8 Å². The van der Waals surface area contributed by atoms with Gasteiger partial charge in [-0.3, -0.25) is 15.5 Å². The van der Waals surface area contributed by atoms with E-state index < -0.39 is 4.92 Å². The third-order valence-electron chi connectivity index (χ3n) is 2.42. The van der Waals surface area contributed by atoms with Crippen molar-refractivity contribution in [2.75, 3.05) is 5.43 Å². The molecule has 1 heterocycles. The van der Waals surface area contributed by atoms with Crippen LogP contribution < -0.4 is 5.43 Å². The summed E-state index contributed by atoms with van der Waals surface area (Å²) in [5.74, 6) is 0. The number of aryl methyl sites for hydroxylation is 2. The van der Waals surface area contributed by atoms with E-state index >= 15 is 0 Å². The normalized spacial score (nSPS) is 10.8. The number of benzene rings is 1. The van der Waals surface area contributed by atoms with Crippen LogP contribution in [0.2, 0.25) is 0 Å². The molecule has 2 rings (SSSR count). The molecule has 0 bridgehead atoms. The molecule has 0 atom stereocenters. The number of aromatic nitrogens is 1. The molecule has 0 radical (unpaired) electrons. The lowest BCUT2D eigenvalue weighted by atomic mass is 10.1. The number of hydrogen-bond donors (Lipinski definition) is 1. The van der Waals surface area contributed by atoms with E-state index in [4.69, 9.17) is 0 Å². The lowest BCUT2D eigenvalue weighted by molar-refractivity contribution is -0.385. The van der Waals surface area contributed by atoms with E-state index in [-0.39, 0.29) is 5.69 Å². The maximum atomic E-state index is 10.8. The van der Waals surface area contributed by atoms with Crippen LogP contribution in [0, 0.1) is 24.0 Å². The van der Waals surface area contributed by atoms with Crippen LogP contribution in [-0.4, -0.2) is 16.1 Å². The Kier molecular flexibility index (Phi) is 3.86. The molecular weight excluding hydrogens is 264 g/mol. The summed E-state index contributed by atoms with van der Waals surface area (Å²) in [6.45, 7) is 3.60. The van der Waals surface area contributed by atoms with Gasteiger partial charge in [0, 0.05) is 22.6 Å². The summed E-state index contributed by atoms with van der Waals surface area (Å²) in [6, 6.07) is 4.97.